The van der Waals surface area contributed by atoms with E-state index in [4.69, 9.17) is 5.73 Å². The van der Waals surface area contributed by atoms with Crippen molar-refractivity contribution in [1.82, 2.24) is 4.90 Å². The van der Waals surface area contributed by atoms with E-state index in [-0.39, 0.29) is 0 Å². The molecule has 0 aromatic heterocycles. The molecule has 1 aromatic carbocycles. The van der Waals surface area contributed by atoms with Gasteiger partial charge in [-0.2, -0.15) is 13.2 Å². The van der Waals surface area contributed by atoms with Crippen LogP contribution in [0.4, 0.5) is 24.5 Å². The Bertz CT molecular complexity index is 393. The van der Waals surface area contributed by atoms with Crippen LogP contribution in [0, 0.1) is 0 Å². The lowest BCUT2D eigenvalue weighted by Crippen LogP contribution is -2.26. The van der Waals surface area contributed by atoms with E-state index in [1.807, 2.05) is 0 Å². The van der Waals surface area contributed by atoms with E-state index in [0.29, 0.717) is 11.4 Å². The zero-order valence-corrected chi connectivity index (χ0v) is 9.55. The van der Waals surface area contributed by atoms with Crippen LogP contribution in [-0.4, -0.2) is 25.2 Å². The van der Waals surface area contributed by atoms with Crippen molar-refractivity contribution in [2.75, 3.05) is 25.1 Å². The third-order valence-corrected chi connectivity index (χ3v) is 2.06. The van der Waals surface area contributed by atoms with Crippen LogP contribution in [0.2, 0.25) is 0 Å². The molecule has 0 spiro atoms. The summed E-state index contributed by atoms with van der Waals surface area (Å²) >= 11 is 0. The normalized spacial score (nSPS) is 12.4. The fourth-order valence-corrected chi connectivity index (χ4v) is 1.20. The highest BCUT2D eigenvalue weighted by Gasteiger charge is 2.35. The second-order valence-corrected chi connectivity index (χ2v) is 3.69. The van der Waals surface area contributed by atoms with Crippen molar-refractivity contribution in [3.05, 3.63) is 36.2 Å². The lowest BCUT2D eigenvalue weighted by atomic mass is 10.3. The summed E-state index contributed by atoms with van der Waals surface area (Å²) in [6, 6.07) is 6.43. The molecule has 3 nitrogen and oxygen atoms in total. The molecular formula is C11H14F3N3. The van der Waals surface area contributed by atoms with E-state index in [1.54, 1.807) is 24.3 Å². The van der Waals surface area contributed by atoms with Gasteiger partial charge in [-0.1, -0.05) is 0 Å². The first-order chi connectivity index (χ1) is 7.80. The van der Waals surface area contributed by atoms with E-state index >= 15 is 0 Å². The number of halogens is 3. The molecule has 17 heavy (non-hydrogen) atoms. The number of benzene rings is 1. The molecule has 94 valence electrons. The number of hydrogen-bond donors (Lipinski definition) is 2. The smallest absolute Gasteiger partial charge is 0.399 e. The molecule has 0 aliphatic carbocycles. The van der Waals surface area contributed by atoms with Crippen LogP contribution in [-0.2, 0) is 0 Å². The highest BCUT2D eigenvalue weighted by molar-refractivity contribution is 5.52. The molecule has 0 bridgehead atoms. The van der Waals surface area contributed by atoms with E-state index < -0.39 is 11.9 Å². The molecule has 0 amide bonds. The topological polar surface area (TPSA) is 41.3 Å². The quantitative estimate of drug-likeness (QED) is 0.804. The highest BCUT2D eigenvalue weighted by Crippen LogP contribution is 2.26. The Morgan fingerprint density at radius 2 is 1.76 bits per heavy atom. The summed E-state index contributed by atoms with van der Waals surface area (Å²) in [5.74, 6) is 0. The van der Waals surface area contributed by atoms with Gasteiger partial charge in [-0.15, -0.1) is 0 Å². The van der Waals surface area contributed by atoms with Gasteiger partial charge >= 0.3 is 6.18 Å². The molecule has 3 N–H and O–H groups in total. The van der Waals surface area contributed by atoms with Crippen LogP contribution < -0.4 is 11.1 Å². The average Bonchev–Trinajstić information content (AvgIpc) is 2.18. The summed E-state index contributed by atoms with van der Waals surface area (Å²) in [4.78, 5) is 1.00. The molecule has 6 heteroatoms. The van der Waals surface area contributed by atoms with Gasteiger partial charge in [-0.25, -0.2) is 0 Å². The first-order valence-corrected chi connectivity index (χ1v) is 4.87. The standard InChI is InChI=1S/C11H14F3N3/c1-17(2)10(11(12,13)14)7-16-9-5-3-8(15)4-6-9/h3-7,16H,15H2,1-2H3/b10-7-. The third kappa shape index (κ3) is 3.90. The van der Waals surface area contributed by atoms with Crippen molar-refractivity contribution in [1.29, 1.82) is 0 Å². The van der Waals surface area contributed by atoms with Gasteiger partial charge in [0.15, 0.2) is 0 Å². The van der Waals surface area contributed by atoms with Crippen molar-refractivity contribution >= 4 is 11.4 Å². The number of alkyl halides is 3. The predicted molar refractivity (Wildman–Crippen MR) is 62.3 cm³/mol. The zero-order chi connectivity index (χ0) is 13.1. The molecule has 0 atom stereocenters. The van der Waals surface area contributed by atoms with Gasteiger partial charge in [0.25, 0.3) is 0 Å². The van der Waals surface area contributed by atoms with Gasteiger partial charge < -0.3 is 16.0 Å². The minimum Gasteiger partial charge on any atom is -0.399 e. The van der Waals surface area contributed by atoms with Gasteiger partial charge in [0, 0.05) is 31.7 Å². The summed E-state index contributed by atoms with van der Waals surface area (Å²) in [6.45, 7) is 0. The molecule has 0 saturated carbocycles. The molecule has 1 rings (SSSR count). The van der Waals surface area contributed by atoms with Gasteiger partial charge in [0.1, 0.15) is 5.70 Å². The SMILES string of the molecule is CN(C)/C(=C\Nc1ccc(N)cc1)C(F)(F)F. The largest absolute Gasteiger partial charge is 0.432 e. The summed E-state index contributed by atoms with van der Waals surface area (Å²) in [6.07, 6.45) is -3.46. The number of nitrogen functional groups attached to an aromatic ring is 1. The Morgan fingerprint density at radius 1 is 1.24 bits per heavy atom. The lowest BCUT2D eigenvalue weighted by molar-refractivity contribution is -0.107. The molecule has 0 aliphatic rings. The number of nitrogens with one attached hydrogen (secondary N) is 1. The first kappa shape index (κ1) is 13.2. The molecule has 0 aliphatic heterocycles. The molecule has 1 aromatic rings. The number of hydrogen-bond acceptors (Lipinski definition) is 3. The molecule has 0 heterocycles. The maximum absolute atomic E-state index is 12.6. The number of nitrogens with zero attached hydrogens (tertiary/aromatic N) is 1. The van der Waals surface area contributed by atoms with Crippen molar-refractivity contribution in [3.63, 3.8) is 0 Å². The van der Waals surface area contributed by atoms with E-state index in [9.17, 15) is 13.2 Å². The van der Waals surface area contributed by atoms with E-state index in [1.165, 1.54) is 14.1 Å². The van der Waals surface area contributed by atoms with Gasteiger partial charge in [0.05, 0.1) is 0 Å². The third-order valence-electron chi connectivity index (χ3n) is 2.06. The maximum Gasteiger partial charge on any atom is 0.432 e. The summed E-state index contributed by atoms with van der Waals surface area (Å²) < 4.78 is 37.7. The zero-order valence-electron chi connectivity index (χ0n) is 9.55. The van der Waals surface area contributed by atoms with Gasteiger partial charge in [-0.3, -0.25) is 0 Å². The van der Waals surface area contributed by atoms with Crippen molar-refractivity contribution in [2.24, 2.45) is 0 Å². The van der Waals surface area contributed by atoms with Crippen LogP contribution in [0.3, 0.4) is 0 Å². The van der Waals surface area contributed by atoms with E-state index in [0.717, 1.165) is 11.1 Å². The van der Waals surface area contributed by atoms with Crippen LogP contribution in [0.5, 0.6) is 0 Å². The first-order valence-electron chi connectivity index (χ1n) is 4.87. The number of allylic oxidation sites excluding steroid dienone is 1. The van der Waals surface area contributed by atoms with Crippen LogP contribution in [0.25, 0.3) is 0 Å². The summed E-state index contributed by atoms with van der Waals surface area (Å²) in [7, 11) is 2.67. The Hall–Kier alpha value is -1.85. The number of anilines is 2. The Balaban J connectivity index is 2.83. The molecular weight excluding hydrogens is 231 g/mol. The monoisotopic (exact) mass is 245 g/mol. The maximum atomic E-state index is 12.6. The second-order valence-electron chi connectivity index (χ2n) is 3.69. The van der Waals surface area contributed by atoms with Gasteiger partial charge in [0.2, 0.25) is 0 Å². The van der Waals surface area contributed by atoms with Crippen LogP contribution in [0.15, 0.2) is 36.2 Å². The molecule has 0 radical (unpaired) electrons. The van der Waals surface area contributed by atoms with Crippen molar-refractivity contribution in [3.8, 4) is 0 Å². The Morgan fingerprint density at radius 3 is 2.18 bits per heavy atom. The molecule has 0 unspecified atom stereocenters. The highest BCUT2D eigenvalue weighted by atomic mass is 19.4. The van der Waals surface area contributed by atoms with E-state index in [2.05, 4.69) is 5.32 Å². The fourth-order valence-electron chi connectivity index (χ4n) is 1.20. The Kier molecular flexibility index (Phi) is 3.88. The second kappa shape index (κ2) is 4.99. The minimum atomic E-state index is -4.38. The van der Waals surface area contributed by atoms with Crippen molar-refractivity contribution < 1.29 is 13.2 Å². The summed E-state index contributed by atoms with van der Waals surface area (Å²) in [5, 5.41) is 2.58. The minimum absolute atomic E-state index is 0.544. The molecule has 0 saturated heterocycles. The molecule has 0 fully saturated rings. The summed E-state index contributed by atoms with van der Waals surface area (Å²) in [5.41, 5.74) is 5.82. The number of nitrogens with two attached hydrogens (primary N) is 1. The fraction of sp³-hybridized carbons (Fsp3) is 0.273. The Labute approximate surface area is 97.7 Å². The average molecular weight is 245 g/mol. The van der Waals surface area contributed by atoms with Crippen LogP contribution in [0.1, 0.15) is 0 Å². The van der Waals surface area contributed by atoms with Crippen LogP contribution >= 0.6 is 0 Å². The number of rotatable bonds is 3. The van der Waals surface area contributed by atoms with Gasteiger partial charge in [-0.05, 0) is 24.3 Å². The predicted octanol–water partition coefficient (Wildman–Crippen LogP) is 2.65. The van der Waals surface area contributed by atoms with Crippen molar-refractivity contribution in [2.45, 2.75) is 6.18 Å². The lowest BCUT2D eigenvalue weighted by Gasteiger charge is -2.19.